The predicted molar refractivity (Wildman–Crippen MR) is 84.1 cm³/mol. The molecule has 100 valence electrons. The molecule has 3 N–H and O–H groups in total. The Morgan fingerprint density at radius 2 is 1.89 bits per heavy atom. The summed E-state index contributed by atoms with van der Waals surface area (Å²) < 4.78 is 0.986. The first-order valence-electron chi connectivity index (χ1n) is 6.15. The molecule has 0 aliphatic rings. The SMILES string of the molecule is CCc1ccc(C(NN)c2cc(Cl)ccc2Br)cc1. The molecule has 1 unspecified atom stereocenters. The van der Waals surface area contributed by atoms with Gasteiger partial charge >= 0.3 is 0 Å². The van der Waals surface area contributed by atoms with E-state index in [2.05, 4.69) is 52.5 Å². The number of halogens is 2. The molecular weight excluding hydrogens is 324 g/mol. The van der Waals surface area contributed by atoms with Gasteiger partial charge in [0.25, 0.3) is 0 Å². The summed E-state index contributed by atoms with van der Waals surface area (Å²) in [5, 5.41) is 0.698. The lowest BCUT2D eigenvalue weighted by Gasteiger charge is -2.19. The monoisotopic (exact) mass is 338 g/mol. The van der Waals surface area contributed by atoms with Crippen LogP contribution in [0, 0.1) is 0 Å². The lowest BCUT2D eigenvalue weighted by molar-refractivity contribution is 0.634. The highest BCUT2D eigenvalue weighted by atomic mass is 79.9. The van der Waals surface area contributed by atoms with Crippen LogP contribution in [0.5, 0.6) is 0 Å². The summed E-state index contributed by atoms with van der Waals surface area (Å²) in [5.41, 5.74) is 6.30. The smallest absolute Gasteiger partial charge is 0.0721 e. The van der Waals surface area contributed by atoms with Crippen LogP contribution in [0.2, 0.25) is 5.02 Å². The van der Waals surface area contributed by atoms with E-state index in [1.54, 1.807) is 0 Å². The van der Waals surface area contributed by atoms with E-state index in [1.165, 1.54) is 5.56 Å². The molecule has 2 aromatic carbocycles. The van der Waals surface area contributed by atoms with Crippen molar-refractivity contribution in [2.45, 2.75) is 19.4 Å². The molecule has 0 amide bonds. The fraction of sp³-hybridized carbons (Fsp3) is 0.200. The molecule has 0 aromatic heterocycles. The number of hydrazine groups is 1. The van der Waals surface area contributed by atoms with Crippen LogP contribution in [-0.4, -0.2) is 0 Å². The Labute approximate surface area is 127 Å². The van der Waals surface area contributed by atoms with E-state index in [-0.39, 0.29) is 6.04 Å². The minimum atomic E-state index is -0.0843. The van der Waals surface area contributed by atoms with E-state index in [1.807, 2.05) is 18.2 Å². The van der Waals surface area contributed by atoms with Gasteiger partial charge in [-0.05, 0) is 41.3 Å². The van der Waals surface area contributed by atoms with E-state index in [9.17, 15) is 0 Å². The van der Waals surface area contributed by atoms with Gasteiger partial charge in [-0.15, -0.1) is 0 Å². The van der Waals surface area contributed by atoms with Crippen LogP contribution in [0.25, 0.3) is 0 Å². The molecule has 0 saturated heterocycles. The number of nitrogens with two attached hydrogens (primary N) is 1. The molecule has 0 saturated carbocycles. The largest absolute Gasteiger partial charge is 0.271 e. The van der Waals surface area contributed by atoms with Crippen molar-refractivity contribution < 1.29 is 0 Å². The van der Waals surface area contributed by atoms with Gasteiger partial charge in [0, 0.05) is 9.50 Å². The van der Waals surface area contributed by atoms with E-state index in [4.69, 9.17) is 17.4 Å². The maximum atomic E-state index is 6.06. The number of rotatable bonds is 4. The Kier molecular flexibility index (Phi) is 4.99. The summed E-state index contributed by atoms with van der Waals surface area (Å²) in [5.74, 6) is 5.71. The number of hydrogen-bond donors (Lipinski definition) is 2. The normalized spacial score (nSPS) is 12.4. The average molecular weight is 340 g/mol. The first-order valence-corrected chi connectivity index (χ1v) is 7.32. The molecule has 0 aliphatic carbocycles. The Morgan fingerprint density at radius 1 is 1.21 bits per heavy atom. The highest BCUT2D eigenvalue weighted by Gasteiger charge is 2.15. The minimum Gasteiger partial charge on any atom is -0.271 e. The van der Waals surface area contributed by atoms with Gasteiger partial charge in [0.05, 0.1) is 6.04 Å². The Bertz CT molecular complexity index is 555. The van der Waals surface area contributed by atoms with Crippen LogP contribution >= 0.6 is 27.5 Å². The van der Waals surface area contributed by atoms with E-state index < -0.39 is 0 Å². The van der Waals surface area contributed by atoms with Crippen molar-refractivity contribution in [1.29, 1.82) is 0 Å². The van der Waals surface area contributed by atoms with E-state index >= 15 is 0 Å². The van der Waals surface area contributed by atoms with Crippen molar-refractivity contribution in [3.05, 3.63) is 68.7 Å². The van der Waals surface area contributed by atoms with E-state index in [0.29, 0.717) is 5.02 Å². The fourth-order valence-corrected chi connectivity index (χ4v) is 2.70. The summed E-state index contributed by atoms with van der Waals surface area (Å²) in [7, 11) is 0. The molecule has 0 heterocycles. The van der Waals surface area contributed by atoms with Gasteiger partial charge in [-0.1, -0.05) is 58.7 Å². The van der Waals surface area contributed by atoms with Crippen LogP contribution < -0.4 is 11.3 Å². The van der Waals surface area contributed by atoms with Gasteiger partial charge in [-0.3, -0.25) is 5.84 Å². The number of nitrogens with one attached hydrogen (secondary N) is 1. The molecule has 0 fully saturated rings. The quantitative estimate of drug-likeness (QED) is 0.646. The molecule has 4 heteroatoms. The van der Waals surface area contributed by atoms with Crippen LogP contribution in [0.3, 0.4) is 0 Å². The van der Waals surface area contributed by atoms with Gasteiger partial charge in [0.15, 0.2) is 0 Å². The lowest BCUT2D eigenvalue weighted by atomic mass is 9.98. The molecule has 2 rings (SSSR count). The lowest BCUT2D eigenvalue weighted by Crippen LogP contribution is -2.29. The second-order valence-corrected chi connectivity index (χ2v) is 5.65. The number of aryl methyl sites for hydroxylation is 1. The minimum absolute atomic E-state index is 0.0843. The fourth-order valence-electron chi connectivity index (χ4n) is 2.05. The molecule has 0 spiro atoms. The first kappa shape index (κ1) is 14.5. The maximum Gasteiger partial charge on any atom is 0.0721 e. The highest BCUT2D eigenvalue weighted by Crippen LogP contribution is 2.30. The second-order valence-electron chi connectivity index (χ2n) is 4.36. The van der Waals surface area contributed by atoms with Crippen molar-refractivity contribution in [3.63, 3.8) is 0 Å². The van der Waals surface area contributed by atoms with Crippen molar-refractivity contribution in [2.24, 2.45) is 5.84 Å². The second kappa shape index (κ2) is 6.53. The summed E-state index contributed by atoms with van der Waals surface area (Å²) >= 11 is 9.61. The topological polar surface area (TPSA) is 38.0 Å². The summed E-state index contributed by atoms with van der Waals surface area (Å²) in [4.78, 5) is 0. The zero-order valence-electron chi connectivity index (χ0n) is 10.7. The maximum absolute atomic E-state index is 6.06. The van der Waals surface area contributed by atoms with Crippen LogP contribution in [0.4, 0.5) is 0 Å². The molecule has 19 heavy (non-hydrogen) atoms. The number of hydrogen-bond acceptors (Lipinski definition) is 2. The van der Waals surface area contributed by atoms with E-state index in [0.717, 1.165) is 22.0 Å². The summed E-state index contributed by atoms with van der Waals surface area (Å²) in [6.07, 6.45) is 1.03. The van der Waals surface area contributed by atoms with Gasteiger partial charge in [0.2, 0.25) is 0 Å². The standard InChI is InChI=1S/C15H16BrClN2/c1-2-10-3-5-11(6-4-10)15(19-18)13-9-12(17)7-8-14(13)16/h3-9,15,19H,2,18H2,1H3. The summed E-state index contributed by atoms with van der Waals surface area (Å²) in [6, 6.07) is 14.1. The van der Waals surface area contributed by atoms with Gasteiger partial charge in [-0.25, -0.2) is 5.43 Å². The number of benzene rings is 2. The van der Waals surface area contributed by atoms with Crippen molar-refractivity contribution in [3.8, 4) is 0 Å². The van der Waals surface area contributed by atoms with Crippen molar-refractivity contribution in [2.75, 3.05) is 0 Å². The molecule has 0 aliphatic heterocycles. The van der Waals surface area contributed by atoms with Crippen LogP contribution in [0.15, 0.2) is 46.9 Å². The third-order valence-electron chi connectivity index (χ3n) is 3.16. The van der Waals surface area contributed by atoms with Crippen molar-refractivity contribution in [1.82, 2.24) is 5.43 Å². The van der Waals surface area contributed by atoms with Crippen LogP contribution in [-0.2, 0) is 6.42 Å². The molecule has 2 aromatic rings. The van der Waals surface area contributed by atoms with Gasteiger partial charge < -0.3 is 0 Å². The Hall–Kier alpha value is -0.870. The highest BCUT2D eigenvalue weighted by molar-refractivity contribution is 9.10. The zero-order valence-corrected chi connectivity index (χ0v) is 13.0. The molecule has 2 nitrogen and oxygen atoms in total. The molecule has 1 atom stereocenters. The molecule has 0 radical (unpaired) electrons. The molecular formula is C15H16BrClN2. The summed E-state index contributed by atoms with van der Waals surface area (Å²) in [6.45, 7) is 2.14. The zero-order chi connectivity index (χ0) is 13.8. The van der Waals surface area contributed by atoms with Crippen LogP contribution in [0.1, 0.15) is 29.7 Å². The average Bonchev–Trinajstić information content (AvgIpc) is 2.44. The first-order chi connectivity index (χ1) is 9.15. The third kappa shape index (κ3) is 3.37. The Balaban J connectivity index is 2.40. The molecule has 0 bridgehead atoms. The van der Waals surface area contributed by atoms with Gasteiger partial charge in [0.1, 0.15) is 0 Å². The Morgan fingerprint density at radius 3 is 2.47 bits per heavy atom. The predicted octanol–water partition coefficient (Wildman–Crippen LogP) is 4.22. The van der Waals surface area contributed by atoms with Crippen molar-refractivity contribution >= 4 is 27.5 Å². The van der Waals surface area contributed by atoms with Gasteiger partial charge in [-0.2, -0.15) is 0 Å². The third-order valence-corrected chi connectivity index (χ3v) is 4.11.